The second-order valence-electron chi connectivity index (χ2n) is 7.94. The quantitative estimate of drug-likeness (QED) is 0.605. The molecule has 5 rings (SSSR count). The highest BCUT2D eigenvalue weighted by Gasteiger charge is 2.31. The van der Waals surface area contributed by atoms with E-state index in [2.05, 4.69) is 21.7 Å². The molecule has 0 spiro atoms. The number of carbonyl (C=O) groups is 1. The number of likely N-dealkylation sites (N-methyl/N-ethyl adjacent to an activating group) is 1. The van der Waals surface area contributed by atoms with Gasteiger partial charge in [0.2, 0.25) is 11.9 Å². The Morgan fingerprint density at radius 2 is 2.10 bits per heavy atom. The first-order chi connectivity index (χ1) is 14.1. The van der Waals surface area contributed by atoms with Crippen LogP contribution in [0.1, 0.15) is 18.5 Å². The third-order valence-electron chi connectivity index (χ3n) is 5.96. The summed E-state index contributed by atoms with van der Waals surface area (Å²) in [5.41, 5.74) is 4.08. The number of benzene rings is 1. The van der Waals surface area contributed by atoms with Gasteiger partial charge in [0.1, 0.15) is 0 Å². The number of nitrogens with zero attached hydrogens (tertiary/aromatic N) is 5. The van der Waals surface area contributed by atoms with Crippen LogP contribution in [0.5, 0.6) is 0 Å². The van der Waals surface area contributed by atoms with Gasteiger partial charge in [-0.15, -0.1) is 0 Å². The van der Waals surface area contributed by atoms with E-state index in [-0.39, 0.29) is 18.0 Å². The van der Waals surface area contributed by atoms with Crippen molar-refractivity contribution in [1.82, 2.24) is 30.0 Å². The molecule has 0 aliphatic carbocycles. The third kappa shape index (κ3) is 3.23. The zero-order chi connectivity index (χ0) is 20.0. The number of carbonyl (C=O) groups excluding carboxylic acids is 1. The maximum absolute atomic E-state index is 12.8. The Balaban J connectivity index is 1.62. The maximum Gasteiger partial charge on any atom is 0.239 e. The number of rotatable bonds is 0. The Morgan fingerprint density at radius 1 is 1.21 bits per heavy atom. The van der Waals surface area contributed by atoms with Crippen molar-refractivity contribution < 1.29 is 4.79 Å². The van der Waals surface area contributed by atoms with E-state index in [0.717, 1.165) is 54.5 Å². The molecule has 8 heteroatoms. The lowest BCUT2D eigenvalue weighted by molar-refractivity contribution is -0.131. The van der Waals surface area contributed by atoms with Crippen LogP contribution in [-0.2, 0) is 18.3 Å². The molecule has 2 aliphatic heterocycles. The molecule has 1 saturated heterocycles. The van der Waals surface area contributed by atoms with Crippen LogP contribution < -0.4 is 10.6 Å². The highest BCUT2D eigenvalue weighted by Crippen LogP contribution is 2.31. The van der Waals surface area contributed by atoms with Crippen molar-refractivity contribution in [3.8, 4) is 11.3 Å². The number of hydrogen-bond donors (Lipinski definition) is 2. The van der Waals surface area contributed by atoms with E-state index in [4.69, 9.17) is 10.1 Å². The second kappa shape index (κ2) is 7.11. The normalized spacial score (nSPS) is 22.3. The van der Waals surface area contributed by atoms with Gasteiger partial charge in [-0.2, -0.15) is 5.10 Å². The van der Waals surface area contributed by atoms with Gasteiger partial charge >= 0.3 is 0 Å². The molecule has 1 aromatic carbocycles. The predicted octanol–water partition coefficient (Wildman–Crippen LogP) is 1.58. The van der Waals surface area contributed by atoms with Crippen molar-refractivity contribution in [2.45, 2.75) is 31.3 Å². The van der Waals surface area contributed by atoms with Gasteiger partial charge in [0.25, 0.3) is 0 Å². The number of nitrogens with one attached hydrogen (secondary N) is 2. The van der Waals surface area contributed by atoms with Crippen LogP contribution in [0.3, 0.4) is 0 Å². The van der Waals surface area contributed by atoms with Gasteiger partial charge in [-0.25, -0.2) is 9.97 Å². The zero-order valence-electron chi connectivity index (χ0n) is 16.7. The lowest BCUT2D eigenvalue weighted by Crippen LogP contribution is -2.42. The minimum absolute atomic E-state index is 0.127. The molecule has 3 aromatic rings. The molecule has 29 heavy (non-hydrogen) atoms. The molecule has 150 valence electrons. The first-order valence-corrected chi connectivity index (χ1v) is 10.1. The van der Waals surface area contributed by atoms with Gasteiger partial charge in [-0.05, 0) is 31.4 Å². The molecule has 2 atom stereocenters. The van der Waals surface area contributed by atoms with Gasteiger partial charge in [0, 0.05) is 56.1 Å². The Kier molecular flexibility index (Phi) is 4.43. The molecule has 1 amide bonds. The first-order valence-electron chi connectivity index (χ1n) is 10.1. The van der Waals surface area contributed by atoms with E-state index in [9.17, 15) is 4.79 Å². The summed E-state index contributed by atoms with van der Waals surface area (Å²) in [6.45, 7) is 1.44. The summed E-state index contributed by atoms with van der Waals surface area (Å²) >= 11 is 0. The number of aryl methyl sites for hydroxylation is 2. The summed E-state index contributed by atoms with van der Waals surface area (Å²) in [5, 5.41) is 12.6. The number of aromatic nitrogens is 4. The van der Waals surface area contributed by atoms with Crippen molar-refractivity contribution in [2.24, 2.45) is 7.05 Å². The first kappa shape index (κ1) is 18.1. The van der Waals surface area contributed by atoms with Gasteiger partial charge < -0.3 is 15.5 Å². The molecule has 4 heterocycles. The summed E-state index contributed by atoms with van der Waals surface area (Å²) in [7, 11) is 3.87. The Bertz CT molecular complexity index is 1080. The maximum atomic E-state index is 12.8. The summed E-state index contributed by atoms with van der Waals surface area (Å²) in [6, 6.07) is 8.07. The van der Waals surface area contributed by atoms with Crippen molar-refractivity contribution in [3.63, 3.8) is 0 Å². The van der Waals surface area contributed by atoms with E-state index < -0.39 is 0 Å². The van der Waals surface area contributed by atoms with Gasteiger partial charge in [0.05, 0.1) is 17.3 Å². The van der Waals surface area contributed by atoms with Crippen molar-refractivity contribution in [1.29, 1.82) is 0 Å². The molecular weight excluding hydrogens is 366 g/mol. The van der Waals surface area contributed by atoms with E-state index in [1.54, 1.807) is 6.20 Å². The molecule has 2 aromatic heterocycles. The molecule has 2 unspecified atom stereocenters. The Hall–Kier alpha value is -3.00. The topological polar surface area (TPSA) is 88.0 Å². The standard InChI is InChI=1S/C21H25N7O/c1-27-10-4-7-18-19-14(5-3-6-16(19)26-28(18)2)15-8-9-22-21(25-15)24-13-11-17(20(27)29)23-12-13/h3,5-6,8-9,13,17,23H,4,7,10-12H2,1-2H3,(H,22,24,25). The van der Waals surface area contributed by atoms with Gasteiger partial charge in [0.15, 0.2) is 0 Å². The molecular formula is C21H25N7O. The minimum atomic E-state index is -0.161. The zero-order valence-corrected chi connectivity index (χ0v) is 16.7. The van der Waals surface area contributed by atoms with Gasteiger partial charge in [-0.1, -0.05) is 12.1 Å². The minimum Gasteiger partial charge on any atom is -0.350 e. The molecule has 4 bridgehead atoms. The van der Waals surface area contributed by atoms with E-state index in [1.807, 2.05) is 41.9 Å². The largest absolute Gasteiger partial charge is 0.350 e. The van der Waals surface area contributed by atoms with Crippen LogP contribution in [0, 0.1) is 0 Å². The molecule has 8 nitrogen and oxygen atoms in total. The monoisotopic (exact) mass is 391 g/mol. The third-order valence-corrected chi connectivity index (χ3v) is 5.96. The van der Waals surface area contributed by atoms with Crippen LogP contribution in [0.25, 0.3) is 22.2 Å². The predicted molar refractivity (Wildman–Crippen MR) is 112 cm³/mol. The van der Waals surface area contributed by atoms with E-state index in [0.29, 0.717) is 5.95 Å². The van der Waals surface area contributed by atoms with E-state index in [1.165, 1.54) is 5.69 Å². The summed E-state index contributed by atoms with van der Waals surface area (Å²) < 4.78 is 1.96. The Labute approximate surface area is 169 Å². The molecule has 0 saturated carbocycles. The highest BCUT2D eigenvalue weighted by molar-refractivity contribution is 5.96. The van der Waals surface area contributed by atoms with Crippen LogP contribution in [0.15, 0.2) is 30.5 Å². The molecule has 0 radical (unpaired) electrons. The summed E-state index contributed by atoms with van der Waals surface area (Å²) in [5.74, 6) is 0.738. The van der Waals surface area contributed by atoms with Crippen molar-refractivity contribution >= 4 is 22.8 Å². The fraction of sp³-hybridized carbons (Fsp3) is 0.429. The van der Waals surface area contributed by atoms with Crippen LogP contribution >= 0.6 is 0 Å². The summed E-state index contributed by atoms with van der Waals surface area (Å²) in [4.78, 5) is 23.8. The van der Waals surface area contributed by atoms with Crippen LogP contribution in [0.4, 0.5) is 5.95 Å². The fourth-order valence-corrected chi connectivity index (χ4v) is 4.47. The molecule has 1 fully saturated rings. The van der Waals surface area contributed by atoms with Crippen molar-refractivity contribution in [2.75, 3.05) is 25.5 Å². The Morgan fingerprint density at radius 3 is 3.00 bits per heavy atom. The average Bonchev–Trinajstić information content (AvgIpc) is 3.31. The lowest BCUT2D eigenvalue weighted by atomic mass is 10.0. The van der Waals surface area contributed by atoms with Gasteiger partial charge in [-0.3, -0.25) is 9.48 Å². The highest BCUT2D eigenvalue weighted by atomic mass is 16.2. The molecule has 2 N–H and O–H groups in total. The average molecular weight is 391 g/mol. The number of amides is 1. The second-order valence-corrected chi connectivity index (χ2v) is 7.94. The van der Waals surface area contributed by atoms with Crippen LogP contribution in [-0.4, -0.2) is 62.8 Å². The van der Waals surface area contributed by atoms with Crippen LogP contribution in [0.2, 0.25) is 0 Å². The van der Waals surface area contributed by atoms with Crippen molar-refractivity contribution in [3.05, 3.63) is 36.2 Å². The number of fused-ring (bicyclic) bond motifs is 5. The number of anilines is 1. The number of hydrogen-bond acceptors (Lipinski definition) is 6. The fourth-order valence-electron chi connectivity index (χ4n) is 4.47. The van der Waals surface area contributed by atoms with E-state index >= 15 is 0 Å². The summed E-state index contributed by atoms with van der Waals surface area (Å²) in [6.07, 6.45) is 4.25. The molecule has 2 aliphatic rings. The lowest BCUT2D eigenvalue weighted by Gasteiger charge is -2.21. The smallest absolute Gasteiger partial charge is 0.239 e. The SMILES string of the molecule is CN1CCCc2c3c(cccc3nn2C)-c2ccnc(n2)NC2CNC(C2)C1=O.